The molecule has 3 heteroatoms. The summed E-state index contributed by atoms with van der Waals surface area (Å²) in [5.41, 5.74) is 18.6. The second kappa shape index (κ2) is 17.8. The van der Waals surface area contributed by atoms with Gasteiger partial charge in [-0.05, 0) is 68.3 Å². The Morgan fingerprint density at radius 2 is 0.928 bits per heavy atom. The fraction of sp³-hybridized carbons (Fsp3) is 0.0455. The number of anilines is 2. The SMILES string of the molecule is N=C(/C(=C1\NC(c2ccccc2)=C(N(c2ccc3c(c2)C(c2ccccc2)(c2ccccc2)c2ccccc2-3)c2ccccc2-c2ccccc2)C2C=CC=CC12)c1ccccc1)c1ccccc1. The van der Waals surface area contributed by atoms with Gasteiger partial charge in [0, 0.05) is 39.9 Å². The number of fused-ring (bicyclic) bond motifs is 4. The van der Waals surface area contributed by atoms with E-state index in [1.54, 1.807) is 0 Å². The first-order chi connectivity index (χ1) is 34.2. The molecule has 0 aromatic heterocycles. The van der Waals surface area contributed by atoms with Crippen LogP contribution in [0.15, 0.2) is 284 Å². The van der Waals surface area contributed by atoms with Gasteiger partial charge in [-0.3, -0.25) is 5.41 Å². The summed E-state index contributed by atoms with van der Waals surface area (Å²) in [6, 6.07) is 89.3. The van der Waals surface area contributed by atoms with Gasteiger partial charge in [0.1, 0.15) is 0 Å². The summed E-state index contributed by atoms with van der Waals surface area (Å²) in [4.78, 5) is 2.55. The molecule has 9 aromatic carbocycles. The highest BCUT2D eigenvalue weighted by Crippen LogP contribution is 2.58. The number of allylic oxidation sites excluding steroid dienone is 5. The minimum Gasteiger partial charge on any atom is -0.356 e. The Morgan fingerprint density at radius 1 is 0.435 bits per heavy atom. The van der Waals surface area contributed by atoms with Crippen molar-refractivity contribution >= 4 is 28.4 Å². The molecule has 12 rings (SSSR count). The highest BCUT2D eigenvalue weighted by atomic mass is 15.2. The molecule has 1 aliphatic heterocycles. The number of benzene rings is 9. The first-order valence-corrected chi connectivity index (χ1v) is 23.9. The summed E-state index contributed by atoms with van der Waals surface area (Å²) >= 11 is 0. The number of nitrogens with zero attached hydrogens (tertiary/aromatic N) is 1. The molecule has 1 heterocycles. The average molecular weight is 884 g/mol. The lowest BCUT2D eigenvalue weighted by Crippen LogP contribution is -2.40. The fourth-order valence-electron chi connectivity index (χ4n) is 11.2. The number of hydrogen-bond donors (Lipinski definition) is 2. The largest absolute Gasteiger partial charge is 0.356 e. The van der Waals surface area contributed by atoms with E-state index in [9.17, 15) is 5.41 Å². The summed E-state index contributed by atoms with van der Waals surface area (Å²) in [5.74, 6) is -0.291. The Labute approximate surface area is 404 Å². The van der Waals surface area contributed by atoms with Gasteiger partial charge in [-0.15, -0.1) is 0 Å². The summed E-state index contributed by atoms with van der Waals surface area (Å²) in [7, 11) is 0. The molecule has 0 saturated heterocycles. The predicted molar refractivity (Wildman–Crippen MR) is 286 cm³/mol. The molecule has 0 saturated carbocycles. The van der Waals surface area contributed by atoms with Crippen LogP contribution in [-0.2, 0) is 5.41 Å². The van der Waals surface area contributed by atoms with E-state index in [1.165, 1.54) is 33.4 Å². The van der Waals surface area contributed by atoms with Gasteiger partial charge in [-0.25, -0.2) is 0 Å². The minimum atomic E-state index is -0.592. The Morgan fingerprint density at radius 3 is 1.57 bits per heavy atom. The number of rotatable bonds is 10. The zero-order chi connectivity index (χ0) is 46.2. The Hall–Kier alpha value is -8.79. The van der Waals surface area contributed by atoms with Crippen LogP contribution in [0.3, 0.4) is 0 Å². The van der Waals surface area contributed by atoms with Gasteiger partial charge in [-0.2, -0.15) is 0 Å². The molecule has 9 aromatic rings. The number of nitrogens with one attached hydrogen (secondary N) is 2. The zero-order valence-electron chi connectivity index (χ0n) is 38.1. The Balaban J connectivity index is 1.19. The lowest BCUT2D eigenvalue weighted by Gasteiger charge is -2.44. The van der Waals surface area contributed by atoms with Crippen LogP contribution in [0.4, 0.5) is 11.4 Å². The van der Waals surface area contributed by atoms with Gasteiger partial charge in [0.15, 0.2) is 0 Å². The third-order valence-electron chi connectivity index (χ3n) is 14.2. The molecule has 2 N–H and O–H groups in total. The van der Waals surface area contributed by atoms with E-state index in [0.29, 0.717) is 5.71 Å². The van der Waals surface area contributed by atoms with Crippen LogP contribution in [0, 0.1) is 17.2 Å². The van der Waals surface area contributed by atoms with E-state index in [2.05, 4.69) is 247 Å². The van der Waals surface area contributed by atoms with Gasteiger partial charge in [0.05, 0.1) is 28.2 Å². The second-order valence-electron chi connectivity index (χ2n) is 17.9. The molecule has 2 aliphatic carbocycles. The summed E-state index contributed by atoms with van der Waals surface area (Å²) in [5, 5.41) is 14.2. The molecule has 328 valence electrons. The van der Waals surface area contributed by atoms with Gasteiger partial charge in [0.25, 0.3) is 0 Å². The second-order valence-corrected chi connectivity index (χ2v) is 17.9. The normalized spacial score (nSPS) is 17.0. The van der Waals surface area contributed by atoms with Gasteiger partial charge >= 0.3 is 0 Å². The molecule has 69 heavy (non-hydrogen) atoms. The highest BCUT2D eigenvalue weighted by Gasteiger charge is 2.47. The molecule has 0 radical (unpaired) electrons. The zero-order valence-corrected chi connectivity index (χ0v) is 38.1. The van der Waals surface area contributed by atoms with Crippen molar-refractivity contribution in [2.45, 2.75) is 5.41 Å². The monoisotopic (exact) mass is 883 g/mol. The van der Waals surface area contributed by atoms with E-state index >= 15 is 0 Å². The van der Waals surface area contributed by atoms with Crippen molar-refractivity contribution in [1.82, 2.24) is 5.32 Å². The number of hydrogen-bond acceptors (Lipinski definition) is 3. The minimum absolute atomic E-state index is 0.144. The maximum absolute atomic E-state index is 10.0. The standard InChI is InChI=1S/C66H49N3/c67-62(48-29-11-3-12-30-48)61(47-27-9-2-10-28-47)64-56-39-19-20-40-57(56)65(63(68-64)49-31-13-4-14-32-49)69(60-42-24-22-37-53(60)46-25-7-1-8-26-46)52-43-44-55-54-38-21-23-41-58(54)66(59(55)45-52,50-33-15-5-16-34-50)51-35-17-6-18-36-51/h1-45,56-57,67-68H/b64-61-,67-62?. The van der Waals surface area contributed by atoms with E-state index in [4.69, 9.17) is 0 Å². The van der Waals surface area contributed by atoms with Crippen LogP contribution < -0.4 is 10.2 Å². The van der Waals surface area contributed by atoms with Crippen LogP contribution in [0.25, 0.3) is 33.5 Å². The average Bonchev–Trinajstić information content (AvgIpc) is 3.73. The van der Waals surface area contributed by atoms with E-state index in [1.807, 2.05) is 36.4 Å². The van der Waals surface area contributed by atoms with Gasteiger partial charge in [0.2, 0.25) is 0 Å². The number of para-hydroxylation sites is 1. The Kier molecular flexibility index (Phi) is 10.7. The highest BCUT2D eigenvalue weighted by molar-refractivity contribution is 6.31. The molecular weight excluding hydrogens is 835 g/mol. The molecular formula is C66H49N3. The molecule has 0 bridgehead atoms. The fourth-order valence-corrected chi connectivity index (χ4v) is 11.2. The van der Waals surface area contributed by atoms with Crippen molar-refractivity contribution in [2.24, 2.45) is 11.8 Å². The summed E-state index contributed by atoms with van der Waals surface area (Å²) in [6.07, 6.45) is 9.07. The maximum atomic E-state index is 10.0. The Bertz CT molecular complexity index is 3420. The molecule has 0 spiro atoms. The van der Waals surface area contributed by atoms with Crippen molar-refractivity contribution < 1.29 is 0 Å². The topological polar surface area (TPSA) is 39.1 Å². The van der Waals surface area contributed by atoms with Crippen LogP contribution in [0.5, 0.6) is 0 Å². The first-order valence-electron chi connectivity index (χ1n) is 23.9. The lowest BCUT2D eigenvalue weighted by atomic mass is 9.67. The van der Waals surface area contributed by atoms with Crippen molar-refractivity contribution in [3.63, 3.8) is 0 Å². The predicted octanol–water partition coefficient (Wildman–Crippen LogP) is 15.7. The van der Waals surface area contributed by atoms with Crippen LogP contribution in [0.2, 0.25) is 0 Å². The van der Waals surface area contributed by atoms with Crippen molar-refractivity contribution in [1.29, 1.82) is 5.41 Å². The quantitative estimate of drug-likeness (QED) is 0.134. The lowest BCUT2D eigenvalue weighted by molar-refractivity contribution is 0.550. The molecule has 2 atom stereocenters. The van der Waals surface area contributed by atoms with Crippen LogP contribution >= 0.6 is 0 Å². The van der Waals surface area contributed by atoms with E-state index < -0.39 is 5.41 Å². The molecule has 2 unspecified atom stereocenters. The summed E-state index contributed by atoms with van der Waals surface area (Å²) in [6.45, 7) is 0. The smallest absolute Gasteiger partial charge is 0.0714 e. The van der Waals surface area contributed by atoms with Crippen molar-refractivity contribution in [3.8, 4) is 22.3 Å². The third-order valence-corrected chi connectivity index (χ3v) is 14.2. The van der Waals surface area contributed by atoms with E-state index in [-0.39, 0.29) is 11.8 Å². The van der Waals surface area contributed by atoms with E-state index in [0.717, 1.165) is 61.9 Å². The van der Waals surface area contributed by atoms with Gasteiger partial charge in [-0.1, -0.05) is 255 Å². The molecule has 3 nitrogen and oxygen atoms in total. The molecule has 0 amide bonds. The first kappa shape index (κ1) is 41.6. The van der Waals surface area contributed by atoms with Crippen molar-refractivity contribution in [3.05, 3.63) is 323 Å². The summed E-state index contributed by atoms with van der Waals surface area (Å²) < 4.78 is 0. The molecule has 3 aliphatic rings. The maximum Gasteiger partial charge on any atom is 0.0714 e. The van der Waals surface area contributed by atoms with Crippen LogP contribution in [0.1, 0.15) is 38.9 Å². The van der Waals surface area contributed by atoms with Crippen molar-refractivity contribution in [2.75, 3.05) is 4.90 Å². The van der Waals surface area contributed by atoms with Gasteiger partial charge < -0.3 is 10.2 Å². The molecule has 0 fully saturated rings. The van der Waals surface area contributed by atoms with Crippen LogP contribution in [-0.4, -0.2) is 5.71 Å². The third kappa shape index (κ3) is 7.10.